The number of nitrogens with zero attached hydrogens (tertiary/aromatic N) is 2. The fraction of sp³-hybridized carbons (Fsp3) is 0.286. The van der Waals surface area contributed by atoms with Crippen molar-refractivity contribution in [2.45, 2.75) is 26.7 Å². The third kappa shape index (κ3) is 3.98. The molecule has 0 unspecified atom stereocenters. The third-order valence-corrected chi connectivity index (χ3v) is 2.72. The van der Waals surface area contributed by atoms with Crippen LogP contribution in [0, 0.1) is 0 Å². The molecule has 2 heterocycles. The van der Waals surface area contributed by atoms with Gasteiger partial charge in [-0.25, -0.2) is 0 Å². The highest BCUT2D eigenvalue weighted by Crippen LogP contribution is 2.13. The third-order valence-electron chi connectivity index (χ3n) is 2.72. The molecule has 0 amide bonds. The van der Waals surface area contributed by atoms with Crippen LogP contribution >= 0.6 is 0 Å². The smallest absolute Gasteiger partial charge is 0.525 e. The van der Waals surface area contributed by atoms with Crippen molar-refractivity contribution in [1.82, 2.24) is 9.97 Å². The van der Waals surface area contributed by atoms with Gasteiger partial charge >= 0.3 is 7.69 Å². The van der Waals surface area contributed by atoms with Gasteiger partial charge in [-0.1, -0.05) is 13.8 Å². The van der Waals surface area contributed by atoms with Crippen molar-refractivity contribution in [3.63, 3.8) is 0 Å². The largest absolute Gasteiger partial charge is 0.658 e. The summed E-state index contributed by atoms with van der Waals surface area (Å²) in [6.07, 6.45) is 8.80. The van der Waals surface area contributed by atoms with E-state index < -0.39 is 0 Å². The Morgan fingerprint density at radius 2 is 1.32 bits per heavy atom. The van der Waals surface area contributed by atoms with Crippen LogP contribution in [0.1, 0.15) is 25.0 Å². The minimum Gasteiger partial charge on any atom is -0.525 e. The Labute approximate surface area is 114 Å². The maximum Gasteiger partial charge on any atom is 0.658 e. The molecule has 2 rings (SSSR count). The molecule has 2 aromatic heterocycles. The van der Waals surface area contributed by atoms with Gasteiger partial charge < -0.3 is 9.31 Å². The number of aromatic nitrogens is 2. The Kier molecular flexibility index (Phi) is 4.78. The van der Waals surface area contributed by atoms with E-state index >= 15 is 0 Å². The molecule has 97 valence electrons. The van der Waals surface area contributed by atoms with E-state index in [0.29, 0.717) is 11.5 Å². The topological polar surface area (TPSA) is 44.2 Å². The number of hydrogen-bond donors (Lipinski definition) is 0. The van der Waals surface area contributed by atoms with E-state index in [2.05, 4.69) is 23.8 Å². The van der Waals surface area contributed by atoms with E-state index in [-0.39, 0.29) is 0 Å². The van der Waals surface area contributed by atoms with Crippen molar-refractivity contribution in [2.75, 3.05) is 0 Å². The predicted molar refractivity (Wildman–Crippen MR) is 74.2 cm³/mol. The van der Waals surface area contributed by atoms with Gasteiger partial charge in [0.25, 0.3) is 0 Å². The lowest BCUT2D eigenvalue weighted by Gasteiger charge is -2.07. The number of aryl methyl sites for hydroxylation is 2. The first-order chi connectivity index (χ1) is 9.31. The van der Waals surface area contributed by atoms with Gasteiger partial charge in [-0.3, -0.25) is 9.97 Å². The van der Waals surface area contributed by atoms with Crippen LogP contribution in [0.4, 0.5) is 0 Å². The first-order valence-corrected chi connectivity index (χ1v) is 6.34. The van der Waals surface area contributed by atoms with Gasteiger partial charge in [-0.05, 0) is 36.1 Å². The summed E-state index contributed by atoms with van der Waals surface area (Å²) >= 11 is 0. The molecule has 2 aromatic rings. The molecule has 0 aliphatic carbocycles. The molecule has 0 aliphatic heterocycles. The molecule has 0 fully saturated rings. The van der Waals surface area contributed by atoms with Gasteiger partial charge in [-0.2, -0.15) is 0 Å². The highest BCUT2D eigenvalue weighted by Gasteiger charge is 2.03. The fourth-order valence-corrected chi connectivity index (χ4v) is 1.58. The van der Waals surface area contributed by atoms with Crippen molar-refractivity contribution in [3.05, 3.63) is 48.0 Å². The second-order valence-corrected chi connectivity index (χ2v) is 4.10. The van der Waals surface area contributed by atoms with E-state index in [1.54, 1.807) is 12.4 Å². The van der Waals surface area contributed by atoms with Crippen molar-refractivity contribution in [3.8, 4) is 11.5 Å². The van der Waals surface area contributed by atoms with Crippen LogP contribution < -0.4 is 9.31 Å². The number of hydrogen-bond acceptors (Lipinski definition) is 4. The van der Waals surface area contributed by atoms with Crippen molar-refractivity contribution < 1.29 is 9.31 Å². The summed E-state index contributed by atoms with van der Waals surface area (Å²) in [5.74, 6) is 1.33. The van der Waals surface area contributed by atoms with E-state index in [4.69, 9.17) is 9.31 Å². The summed E-state index contributed by atoms with van der Waals surface area (Å²) < 4.78 is 10.8. The maximum absolute atomic E-state index is 5.39. The van der Waals surface area contributed by atoms with E-state index in [9.17, 15) is 0 Å². The van der Waals surface area contributed by atoms with E-state index in [1.807, 2.05) is 24.5 Å². The van der Waals surface area contributed by atoms with Crippen LogP contribution in [0.15, 0.2) is 36.9 Å². The first-order valence-electron chi connectivity index (χ1n) is 6.34. The molecule has 0 aromatic carbocycles. The Morgan fingerprint density at radius 3 is 1.74 bits per heavy atom. The molecule has 0 N–H and O–H groups in total. The molecule has 0 bridgehead atoms. The average molecular weight is 255 g/mol. The lowest BCUT2D eigenvalue weighted by molar-refractivity contribution is 0.456. The lowest BCUT2D eigenvalue weighted by atomic mass is 10.2. The molecule has 0 aliphatic rings. The highest BCUT2D eigenvalue weighted by atomic mass is 16.6. The van der Waals surface area contributed by atoms with Crippen LogP contribution in [0.5, 0.6) is 11.5 Å². The maximum atomic E-state index is 5.39. The molecule has 4 nitrogen and oxygen atoms in total. The second-order valence-electron chi connectivity index (χ2n) is 4.10. The van der Waals surface area contributed by atoms with Gasteiger partial charge in [0.1, 0.15) is 11.5 Å². The standard InChI is InChI=1S/C14H16BN2O2/c1-3-11-5-13(9-16-7-11)18-15-19-14-6-12(4-2)8-17-10-14/h5-10H,3-4H2,1-2H3. The van der Waals surface area contributed by atoms with Crippen molar-refractivity contribution in [2.24, 2.45) is 0 Å². The summed E-state index contributed by atoms with van der Waals surface area (Å²) in [4.78, 5) is 8.19. The van der Waals surface area contributed by atoms with Gasteiger partial charge in [0.05, 0.1) is 12.4 Å². The highest BCUT2D eigenvalue weighted by molar-refractivity contribution is 6.20. The zero-order valence-corrected chi connectivity index (χ0v) is 11.2. The van der Waals surface area contributed by atoms with E-state index in [0.717, 1.165) is 24.0 Å². The summed E-state index contributed by atoms with van der Waals surface area (Å²) in [7, 11) is 1.30. The molecule has 5 heteroatoms. The van der Waals surface area contributed by atoms with Crippen LogP contribution in [0.2, 0.25) is 0 Å². The normalized spacial score (nSPS) is 10.0. The molecule has 1 radical (unpaired) electrons. The quantitative estimate of drug-likeness (QED) is 0.744. The fourth-order valence-electron chi connectivity index (χ4n) is 1.58. The Hall–Kier alpha value is -2.04. The Morgan fingerprint density at radius 1 is 0.842 bits per heavy atom. The monoisotopic (exact) mass is 255 g/mol. The SMILES string of the molecule is CCc1cncc(O[B]Oc2cncc(CC)c2)c1. The molecule has 19 heavy (non-hydrogen) atoms. The number of pyridine rings is 2. The lowest BCUT2D eigenvalue weighted by Crippen LogP contribution is -2.11. The van der Waals surface area contributed by atoms with Crippen molar-refractivity contribution >= 4 is 7.69 Å². The van der Waals surface area contributed by atoms with Crippen LogP contribution in [-0.4, -0.2) is 17.7 Å². The Bertz CT molecular complexity index is 487. The van der Waals surface area contributed by atoms with Gasteiger partial charge in [-0.15, -0.1) is 0 Å². The molecular weight excluding hydrogens is 239 g/mol. The summed E-state index contributed by atoms with van der Waals surface area (Å²) in [5.41, 5.74) is 2.25. The zero-order valence-electron chi connectivity index (χ0n) is 11.2. The van der Waals surface area contributed by atoms with E-state index in [1.165, 1.54) is 7.69 Å². The summed E-state index contributed by atoms with van der Waals surface area (Å²) in [5, 5.41) is 0. The Balaban J connectivity index is 1.88. The predicted octanol–water partition coefficient (Wildman–Crippen LogP) is 2.59. The second kappa shape index (κ2) is 6.78. The number of rotatable bonds is 6. The first kappa shape index (κ1) is 13.4. The van der Waals surface area contributed by atoms with Gasteiger partial charge in [0, 0.05) is 12.4 Å². The molecule has 0 saturated carbocycles. The van der Waals surface area contributed by atoms with Crippen molar-refractivity contribution in [1.29, 1.82) is 0 Å². The van der Waals surface area contributed by atoms with Crippen LogP contribution in [0.3, 0.4) is 0 Å². The minimum absolute atomic E-state index is 0.666. The van der Waals surface area contributed by atoms with Crippen LogP contribution in [-0.2, 0) is 12.8 Å². The average Bonchev–Trinajstić information content (AvgIpc) is 2.48. The van der Waals surface area contributed by atoms with Crippen LogP contribution in [0.25, 0.3) is 0 Å². The van der Waals surface area contributed by atoms with Gasteiger partial charge in [0.2, 0.25) is 0 Å². The summed E-state index contributed by atoms with van der Waals surface area (Å²) in [6.45, 7) is 4.14. The van der Waals surface area contributed by atoms with Gasteiger partial charge in [0.15, 0.2) is 0 Å². The summed E-state index contributed by atoms with van der Waals surface area (Å²) in [6, 6.07) is 3.88. The minimum atomic E-state index is 0.666. The zero-order chi connectivity index (χ0) is 13.5. The molecule has 0 saturated heterocycles. The molecule has 0 spiro atoms. The molecule has 0 atom stereocenters. The molecular formula is C14H16BN2O2.